The number of nitrogens with zero attached hydrogens (tertiary/aromatic N) is 3. The predicted octanol–water partition coefficient (Wildman–Crippen LogP) is 1.92. The minimum atomic E-state index is -1.78. The average Bonchev–Trinajstić information content (AvgIpc) is 3.50. The first-order valence-corrected chi connectivity index (χ1v) is 12.9. The van der Waals surface area contributed by atoms with Crippen LogP contribution in [0.2, 0.25) is 0 Å². The Labute approximate surface area is 226 Å². The molecule has 12 nitrogen and oxygen atoms in total. The molecule has 1 spiro atoms. The van der Waals surface area contributed by atoms with E-state index < -0.39 is 47.5 Å². The van der Waals surface area contributed by atoms with Crippen molar-refractivity contribution in [1.82, 2.24) is 15.8 Å². The highest BCUT2D eigenvalue weighted by Crippen LogP contribution is 2.50. The summed E-state index contributed by atoms with van der Waals surface area (Å²) in [5, 5.41) is 8.69. The van der Waals surface area contributed by atoms with Crippen LogP contribution in [-0.4, -0.2) is 60.3 Å². The fourth-order valence-corrected chi connectivity index (χ4v) is 6.63. The molecule has 5 amide bonds. The summed E-state index contributed by atoms with van der Waals surface area (Å²) in [6.07, 6.45) is -2.04. The van der Waals surface area contributed by atoms with Crippen molar-refractivity contribution in [3.8, 4) is 0 Å². The van der Waals surface area contributed by atoms with Crippen molar-refractivity contribution in [1.29, 1.82) is 0 Å². The molecule has 2 N–H and O–H groups in total. The van der Waals surface area contributed by atoms with Crippen molar-refractivity contribution in [2.75, 3.05) is 23.0 Å². The number of rotatable bonds is 2. The van der Waals surface area contributed by atoms with E-state index in [1.807, 2.05) is 25.1 Å². The standard InChI is InChI=1S/C27H24FN5O7/c1-12-10-32-19-15(9-27(21(32)13(2)39-12)24(35)29-26(37)30-25(27)36)8-16-20(18(19)28)40-31-22(16)33-17(34)11-38-23(33)14-6-4-3-5-7-14/h3-8,12-13,21,23H,9-11H2,1-2H3,(H2,29,30,35,36,37)/t12-,13+,21-,23-/m0/s1. The molecular weight excluding hydrogens is 525 g/mol. The third-order valence-corrected chi connectivity index (χ3v) is 8.13. The van der Waals surface area contributed by atoms with Crippen molar-refractivity contribution < 1.29 is 37.6 Å². The smallest absolute Gasteiger partial charge is 0.328 e. The molecule has 0 radical (unpaired) electrons. The van der Waals surface area contributed by atoms with Crippen LogP contribution < -0.4 is 20.4 Å². The van der Waals surface area contributed by atoms with E-state index in [0.29, 0.717) is 11.1 Å². The van der Waals surface area contributed by atoms with E-state index >= 15 is 4.39 Å². The van der Waals surface area contributed by atoms with Crippen LogP contribution >= 0.6 is 0 Å². The first-order chi connectivity index (χ1) is 19.2. The number of aromatic nitrogens is 1. The summed E-state index contributed by atoms with van der Waals surface area (Å²) < 4.78 is 33.6. The van der Waals surface area contributed by atoms with E-state index in [1.54, 1.807) is 30.0 Å². The van der Waals surface area contributed by atoms with Gasteiger partial charge in [-0.05, 0) is 25.5 Å². The number of imide groups is 2. The highest BCUT2D eigenvalue weighted by molar-refractivity contribution is 6.20. The molecule has 0 aliphatic carbocycles. The van der Waals surface area contributed by atoms with E-state index in [1.165, 1.54) is 4.90 Å². The summed E-state index contributed by atoms with van der Waals surface area (Å²) in [7, 11) is 0. The molecule has 4 aliphatic rings. The highest BCUT2D eigenvalue weighted by atomic mass is 19.1. The maximum Gasteiger partial charge on any atom is 0.328 e. The molecule has 40 heavy (non-hydrogen) atoms. The fraction of sp³-hybridized carbons (Fsp3) is 0.370. The van der Waals surface area contributed by atoms with E-state index in [9.17, 15) is 19.2 Å². The zero-order valence-corrected chi connectivity index (χ0v) is 21.5. The number of nitrogens with one attached hydrogen (secondary N) is 2. The lowest BCUT2D eigenvalue weighted by Gasteiger charge is -2.55. The number of halogens is 1. The Morgan fingerprint density at radius 2 is 1.80 bits per heavy atom. The molecule has 3 fully saturated rings. The number of fused-ring (bicyclic) bond motifs is 5. The zero-order chi connectivity index (χ0) is 27.9. The summed E-state index contributed by atoms with van der Waals surface area (Å²) in [4.78, 5) is 54.8. The Kier molecular flexibility index (Phi) is 5.28. The van der Waals surface area contributed by atoms with E-state index in [-0.39, 0.29) is 54.1 Å². The molecule has 4 atom stereocenters. The fourth-order valence-electron chi connectivity index (χ4n) is 6.63. The van der Waals surface area contributed by atoms with Crippen LogP contribution in [0.1, 0.15) is 31.2 Å². The Morgan fingerprint density at radius 3 is 2.52 bits per heavy atom. The summed E-state index contributed by atoms with van der Waals surface area (Å²) in [6, 6.07) is 8.81. The van der Waals surface area contributed by atoms with Crippen LogP contribution in [0, 0.1) is 11.2 Å². The van der Waals surface area contributed by atoms with Crippen LogP contribution in [0.3, 0.4) is 0 Å². The van der Waals surface area contributed by atoms with Crippen LogP contribution in [0.4, 0.5) is 20.7 Å². The molecule has 0 bridgehead atoms. The van der Waals surface area contributed by atoms with Gasteiger partial charge in [-0.15, -0.1) is 0 Å². The van der Waals surface area contributed by atoms with Gasteiger partial charge in [-0.2, -0.15) is 0 Å². The summed E-state index contributed by atoms with van der Waals surface area (Å²) in [5.41, 5.74) is -0.767. The Hall–Kier alpha value is -4.36. The van der Waals surface area contributed by atoms with Gasteiger partial charge in [0, 0.05) is 18.5 Å². The van der Waals surface area contributed by atoms with Crippen LogP contribution in [-0.2, 0) is 30.3 Å². The lowest BCUT2D eigenvalue weighted by molar-refractivity contribution is -0.153. The Bertz CT molecular complexity index is 1590. The molecule has 3 saturated heterocycles. The number of morpholine rings is 1. The van der Waals surface area contributed by atoms with Gasteiger partial charge in [0.05, 0.1) is 29.3 Å². The molecule has 5 heterocycles. The molecule has 4 aliphatic heterocycles. The summed E-state index contributed by atoms with van der Waals surface area (Å²) in [5.74, 6) is -2.64. The molecule has 2 aromatic carbocycles. The molecule has 0 saturated carbocycles. The lowest BCUT2D eigenvalue weighted by Crippen LogP contribution is -2.75. The molecule has 206 valence electrons. The van der Waals surface area contributed by atoms with Gasteiger partial charge in [0.15, 0.2) is 23.3 Å². The van der Waals surface area contributed by atoms with Gasteiger partial charge >= 0.3 is 6.03 Å². The molecular formula is C27H24FN5O7. The number of hydrogen-bond donors (Lipinski definition) is 2. The minimum Gasteiger partial charge on any atom is -0.372 e. The van der Waals surface area contributed by atoms with E-state index in [2.05, 4.69) is 15.8 Å². The monoisotopic (exact) mass is 549 g/mol. The quantitative estimate of drug-likeness (QED) is 0.458. The molecule has 3 aromatic rings. The van der Waals surface area contributed by atoms with Gasteiger partial charge in [-0.3, -0.25) is 29.9 Å². The SMILES string of the molecule is C[C@H]1CN2c3c(cc4c(N5C(=O)CO[C@H]5c5ccccc5)noc4c3F)CC3(C(=O)NC(=O)NC3=O)[C@@H]2[C@@H](C)O1. The van der Waals surface area contributed by atoms with Gasteiger partial charge in [0.1, 0.15) is 6.61 Å². The first-order valence-electron chi connectivity index (χ1n) is 12.9. The highest BCUT2D eigenvalue weighted by Gasteiger charge is 2.63. The van der Waals surface area contributed by atoms with Gasteiger partial charge < -0.3 is 18.9 Å². The topological polar surface area (TPSA) is 143 Å². The number of barbiturate groups is 1. The second kappa shape index (κ2) is 8.57. The van der Waals surface area contributed by atoms with Gasteiger partial charge in [0.25, 0.3) is 5.91 Å². The van der Waals surface area contributed by atoms with Crippen molar-refractivity contribution in [2.45, 2.75) is 44.7 Å². The second-order valence-corrected chi connectivity index (χ2v) is 10.6. The predicted molar refractivity (Wildman–Crippen MR) is 136 cm³/mol. The number of urea groups is 1. The lowest BCUT2D eigenvalue weighted by atomic mass is 9.66. The molecule has 13 heteroatoms. The number of anilines is 2. The average molecular weight is 550 g/mol. The molecule has 7 rings (SSSR count). The maximum atomic E-state index is 16.4. The summed E-state index contributed by atoms with van der Waals surface area (Å²) >= 11 is 0. The number of amides is 5. The number of hydrogen-bond acceptors (Lipinski definition) is 9. The Balaban J connectivity index is 1.42. The number of carbonyl (C=O) groups excluding carboxylic acids is 4. The molecule has 0 unspecified atom stereocenters. The van der Waals surface area contributed by atoms with Gasteiger partial charge in [-0.1, -0.05) is 35.5 Å². The number of benzene rings is 2. The second-order valence-electron chi connectivity index (χ2n) is 10.6. The van der Waals surface area contributed by atoms with E-state index in [4.69, 9.17) is 14.0 Å². The van der Waals surface area contributed by atoms with Crippen LogP contribution in [0.25, 0.3) is 11.0 Å². The van der Waals surface area contributed by atoms with Gasteiger partial charge in [0.2, 0.25) is 17.4 Å². The Morgan fingerprint density at radius 1 is 1.07 bits per heavy atom. The van der Waals surface area contributed by atoms with Crippen LogP contribution in [0.15, 0.2) is 40.9 Å². The zero-order valence-electron chi connectivity index (χ0n) is 21.5. The normalized spacial score (nSPS) is 27.6. The van der Waals surface area contributed by atoms with Crippen molar-refractivity contribution in [3.05, 3.63) is 53.3 Å². The van der Waals surface area contributed by atoms with E-state index in [0.717, 1.165) is 0 Å². The van der Waals surface area contributed by atoms with Crippen molar-refractivity contribution in [2.24, 2.45) is 5.41 Å². The van der Waals surface area contributed by atoms with Crippen molar-refractivity contribution >= 4 is 46.2 Å². The number of ether oxygens (including phenoxy) is 2. The number of carbonyl (C=O) groups is 4. The third-order valence-electron chi connectivity index (χ3n) is 8.13. The van der Waals surface area contributed by atoms with Gasteiger partial charge in [-0.25, -0.2) is 9.18 Å². The van der Waals surface area contributed by atoms with Crippen molar-refractivity contribution in [3.63, 3.8) is 0 Å². The largest absolute Gasteiger partial charge is 0.372 e. The first kappa shape index (κ1) is 24.7. The van der Waals surface area contributed by atoms with Crippen LogP contribution in [0.5, 0.6) is 0 Å². The third kappa shape index (κ3) is 3.27. The minimum absolute atomic E-state index is 0.0562. The summed E-state index contributed by atoms with van der Waals surface area (Å²) in [6.45, 7) is 3.49. The molecule has 1 aromatic heterocycles. The maximum absolute atomic E-state index is 16.4.